The van der Waals surface area contributed by atoms with Crippen LogP contribution >= 0.6 is 0 Å². The molecule has 0 fully saturated rings. The quantitative estimate of drug-likeness (QED) is 0.635. The lowest BCUT2D eigenvalue weighted by molar-refractivity contribution is 0.818. The highest BCUT2D eigenvalue weighted by Crippen LogP contribution is 2.22. The first-order chi connectivity index (χ1) is 5.42. The van der Waals surface area contributed by atoms with Crippen LogP contribution in [0, 0.1) is 0 Å². The Hall–Kier alpha value is -0.990. The Balaban J connectivity index is 2.38. The smallest absolute Gasteiger partial charge is 0.151 e. The van der Waals surface area contributed by atoms with Gasteiger partial charge < -0.3 is 5.32 Å². The molecule has 2 rings (SSSR count). The van der Waals surface area contributed by atoms with Gasteiger partial charge in [0.25, 0.3) is 0 Å². The van der Waals surface area contributed by atoms with Crippen LogP contribution in [0.3, 0.4) is 0 Å². The summed E-state index contributed by atoms with van der Waals surface area (Å²) in [5, 5.41) is 10.5. The molecule has 2 heterocycles. The molecule has 0 aliphatic carbocycles. The van der Waals surface area contributed by atoms with Gasteiger partial charge in [0.1, 0.15) is 0 Å². The van der Waals surface area contributed by atoms with Crippen LogP contribution in [0.15, 0.2) is 0 Å². The molecular weight excluding hydrogens is 138 g/mol. The van der Waals surface area contributed by atoms with Crippen LogP contribution in [0.4, 0.5) is 5.82 Å². The van der Waals surface area contributed by atoms with Gasteiger partial charge in [0.15, 0.2) is 5.82 Å². The first kappa shape index (κ1) is 6.70. The van der Waals surface area contributed by atoms with E-state index in [1.54, 1.807) is 0 Å². The average Bonchev–Trinajstić information content (AvgIpc) is 2.47. The van der Waals surface area contributed by atoms with Gasteiger partial charge in [-0.1, -0.05) is 6.92 Å². The zero-order valence-electron chi connectivity index (χ0n) is 6.78. The zero-order chi connectivity index (χ0) is 7.68. The van der Waals surface area contributed by atoms with Gasteiger partial charge in [-0.15, -0.1) is 0 Å². The first-order valence-corrected chi connectivity index (χ1v) is 4.21. The molecule has 0 unspecified atom stereocenters. The van der Waals surface area contributed by atoms with Crippen molar-refractivity contribution in [2.45, 2.75) is 26.2 Å². The molecule has 1 aromatic heterocycles. The number of aromatic nitrogens is 2. The molecule has 0 atom stereocenters. The number of hydrogen-bond donors (Lipinski definition) is 2. The van der Waals surface area contributed by atoms with E-state index < -0.39 is 0 Å². The molecule has 0 spiro atoms. The van der Waals surface area contributed by atoms with Crippen LogP contribution in [-0.2, 0) is 12.8 Å². The summed E-state index contributed by atoms with van der Waals surface area (Å²) >= 11 is 0. The maximum absolute atomic E-state index is 4.19. The van der Waals surface area contributed by atoms with Crippen molar-refractivity contribution in [3.8, 4) is 0 Å². The van der Waals surface area contributed by atoms with Gasteiger partial charge in [-0.05, 0) is 19.3 Å². The Kier molecular flexibility index (Phi) is 1.56. The van der Waals surface area contributed by atoms with Gasteiger partial charge in [-0.2, -0.15) is 5.10 Å². The van der Waals surface area contributed by atoms with Crippen molar-refractivity contribution in [3.05, 3.63) is 11.3 Å². The second-order valence-corrected chi connectivity index (χ2v) is 2.91. The van der Waals surface area contributed by atoms with Crippen LogP contribution in [0.5, 0.6) is 0 Å². The van der Waals surface area contributed by atoms with Gasteiger partial charge in [-0.25, -0.2) is 0 Å². The van der Waals surface area contributed by atoms with Crippen molar-refractivity contribution >= 4 is 5.82 Å². The van der Waals surface area contributed by atoms with E-state index in [-0.39, 0.29) is 0 Å². The zero-order valence-corrected chi connectivity index (χ0v) is 6.78. The van der Waals surface area contributed by atoms with E-state index >= 15 is 0 Å². The highest BCUT2D eigenvalue weighted by molar-refractivity contribution is 5.48. The molecular formula is C8H13N3. The summed E-state index contributed by atoms with van der Waals surface area (Å²) < 4.78 is 0. The van der Waals surface area contributed by atoms with E-state index in [0.29, 0.717) is 0 Å². The Morgan fingerprint density at radius 2 is 2.45 bits per heavy atom. The predicted molar refractivity (Wildman–Crippen MR) is 44.8 cm³/mol. The second-order valence-electron chi connectivity index (χ2n) is 2.91. The number of anilines is 1. The normalized spacial score (nSPS) is 15.7. The minimum absolute atomic E-state index is 1.06. The molecule has 60 valence electrons. The maximum atomic E-state index is 4.19. The highest BCUT2D eigenvalue weighted by Gasteiger charge is 2.14. The third-order valence-electron chi connectivity index (χ3n) is 2.20. The fourth-order valence-electron chi connectivity index (χ4n) is 1.58. The lowest BCUT2D eigenvalue weighted by atomic mass is 10.1. The SMILES string of the molecule is CCc1[nH]nc2c1CCCN2. The lowest BCUT2D eigenvalue weighted by Gasteiger charge is -2.12. The number of nitrogens with one attached hydrogen (secondary N) is 2. The average molecular weight is 151 g/mol. The number of aromatic amines is 1. The minimum atomic E-state index is 1.06. The summed E-state index contributed by atoms with van der Waals surface area (Å²) in [6, 6.07) is 0. The molecule has 11 heavy (non-hydrogen) atoms. The number of aryl methyl sites for hydroxylation is 1. The van der Waals surface area contributed by atoms with Gasteiger partial charge >= 0.3 is 0 Å². The third kappa shape index (κ3) is 1.00. The lowest BCUT2D eigenvalue weighted by Crippen LogP contribution is -2.11. The van der Waals surface area contributed by atoms with Crippen LogP contribution < -0.4 is 5.32 Å². The van der Waals surface area contributed by atoms with Crippen LogP contribution in [-0.4, -0.2) is 16.7 Å². The van der Waals surface area contributed by atoms with E-state index in [1.807, 2.05) is 0 Å². The summed E-state index contributed by atoms with van der Waals surface area (Å²) in [7, 11) is 0. The molecule has 0 bridgehead atoms. The standard InChI is InChI=1S/C8H13N3/c1-2-7-6-4-3-5-9-8(6)11-10-7/h2-5H2,1H3,(H2,9,10,11). The molecule has 3 nitrogen and oxygen atoms in total. The summed E-state index contributed by atoms with van der Waals surface area (Å²) in [4.78, 5) is 0. The first-order valence-electron chi connectivity index (χ1n) is 4.21. The Bertz CT molecular complexity index is 238. The van der Waals surface area contributed by atoms with Crippen molar-refractivity contribution in [1.29, 1.82) is 0 Å². The fraction of sp³-hybridized carbons (Fsp3) is 0.625. The number of hydrogen-bond acceptors (Lipinski definition) is 2. The number of rotatable bonds is 1. The van der Waals surface area contributed by atoms with Crippen molar-refractivity contribution in [3.63, 3.8) is 0 Å². The van der Waals surface area contributed by atoms with Gasteiger partial charge in [0.2, 0.25) is 0 Å². The molecule has 3 heteroatoms. The monoisotopic (exact) mass is 151 g/mol. The van der Waals surface area contributed by atoms with Gasteiger partial charge in [-0.3, -0.25) is 5.10 Å². The molecule has 0 saturated heterocycles. The van der Waals surface area contributed by atoms with E-state index in [4.69, 9.17) is 0 Å². The molecule has 0 aromatic carbocycles. The van der Waals surface area contributed by atoms with Gasteiger partial charge in [0.05, 0.1) is 0 Å². The van der Waals surface area contributed by atoms with E-state index in [0.717, 1.165) is 18.8 Å². The summed E-state index contributed by atoms with van der Waals surface area (Å²) in [6.07, 6.45) is 3.48. The number of nitrogens with zero attached hydrogens (tertiary/aromatic N) is 1. The van der Waals surface area contributed by atoms with Crippen LogP contribution in [0.2, 0.25) is 0 Å². The van der Waals surface area contributed by atoms with E-state index in [9.17, 15) is 0 Å². The van der Waals surface area contributed by atoms with Crippen molar-refractivity contribution in [2.75, 3.05) is 11.9 Å². The van der Waals surface area contributed by atoms with Crippen LogP contribution in [0.1, 0.15) is 24.6 Å². The molecule has 0 radical (unpaired) electrons. The predicted octanol–water partition coefficient (Wildman–Crippen LogP) is 1.33. The number of fused-ring (bicyclic) bond motifs is 1. The Morgan fingerprint density at radius 1 is 1.55 bits per heavy atom. The van der Waals surface area contributed by atoms with E-state index in [1.165, 1.54) is 24.1 Å². The summed E-state index contributed by atoms with van der Waals surface area (Å²) in [6.45, 7) is 3.23. The fourth-order valence-corrected chi connectivity index (χ4v) is 1.58. The highest BCUT2D eigenvalue weighted by atomic mass is 15.2. The van der Waals surface area contributed by atoms with Crippen molar-refractivity contribution < 1.29 is 0 Å². The largest absolute Gasteiger partial charge is 0.368 e. The molecule has 0 saturated carbocycles. The van der Waals surface area contributed by atoms with Crippen LogP contribution in [0.25, 0.3) is 0 Å². The summed E-state index contributed by atoms with van der Waals surface area (Å²) in [5.74, 6) is 1.08. The van der Waals surface area contributed by atoms with Gasteiger partial charge in [0, 0.05) is 17.8 Å². The summed E-state index contributed by atoms with van der Waals surface area (Å²) in [5.41, 5.74) is 2.70. The molecule has 1 aliphatic rings. The second kappa shape index (κ2) is 2.57. The van der Waals surface area contributed by atoms with E-state index in [2.05, 4.69) is 22.4 Å². The maximum Gasteiger partial charge on any atom is 0.151 e. The molecule has 1 aromatic rings. The Morgan fingerprint density at radius 3 is 3.27 bits per heavy atom. The molecule has 1 aliphatic heterocycles. The topological polar surface area (TPSA) is 40.7 Å². The van der Waals surface area contributed by atoms with Crippen molar-refractivity contribution in [1.82, 2.24) is 10.2 Å². The minimum Gasteiger partial charge on any atom is -0.368 e. The Labute approximate surface area is 66.2 Å². The molecule has 2 N–H and O–H groups in total. The number of H-pyrrole nitrogens is 1. The molecule has 0 amide bonds. The van der Waals surface area contributed by atoms with Crippen molar-refractivity contribution in [2.24, 2.45) is 0 Å². The third-order valence-corrected chi connectivity index (χ3v) is 2.20.